The molecule has 1 saturated heterocycles. The van der Waals surface area contributed by atoms with Crippen LogP contribution in [0.15, 0.2) is 35.1 Å². The molecule has 0 aliphatic carbocycles. The molecule has 4 rings (SSSR count). The van der Waals surface area contributed by atoms with E-state index in [4.69, 9.17) is 10.5 Å². The van der Waals surface area contributed by atoms with Gasteiger partial charge in [-0.3, -0.25) is 29.2 Å². The van der Waals surface area contributed by atoms with E-state index in [9.17, 15) is 19.2 Å². The highest BCUT2D eigenvalue weighted by Crippen LogP contribution is 2.23. The number of aromatic nitrogens is 1. The molecule has 3 N–H and O–H groups in total. The number of nitrogens with zero attached hydrogens (tertiary/aromatic N) is 3. The van der Waals surface area contributed by atoms with Crippen LogP contribution in [0.3, 0.4) is 0 Å². The molecule has 1 aromatic carbocycles. The van der Waals surface area contributed by atoms with E-state index in [-0.39, 0.29) is 23.0 Å². The van der Waals surface area contributed by atoms with Gasteiger partial charge in [0.15, 0.2) is 0 Å². The topological polar surface area (TPSA) is 127 Å². The van der Waals surface area contributed by atoms with Gasteiger partial charge in [0.1, 0.15) is 11.4 Å². The monoisotopic (exact) mass is 453 g/mol. The maximum atomic E-state index is 12.7. The van der Waals surface area contributed by atoms with E-state index >= 15 is 0 Å². The number of amides is 3. The second-order valence-electron chi connectivity index (χ2n) is 9.19. The average Bonchev–Trinajstić information content (AvgIpc) is 3.01. The quantitative estimate of drug-likeness (QED) is 0.672. The summed E-state index contributed by atoms with van der Waals surface area (Å²) in [5.74, 6) is -1.30. The molecule has 10 nitrogen and oxygen atoms in total. The van der Waals surface area contributed by atoms with Crippen LogP contribution in [0, 0.1) is 0 Å². The summed E-state index contributed by atoms with van der Waals surface area (Å²) >= 11 is 0. The number of nitrogens with one attached hydrogen (secondary N) is 1. The smallest absolute Gasteiger partial charge is 0.410 e. The zero-order valence-electron chi connectivity index (χ0n) is 18.9. The Labute approximate surface area is 190 Å². The SMILES string of the molecule is CC(C)(C)OC(=O)N1CCN(Cc2cccc(-n3c(N)c4c(cc3=O)C(=O)NC4=O)c2)CC1. The van der Waals surface area contributed by atoms with Gasteiger partial charge in [-0.05, 0) is 38.5 Å². The maximum Gasteiger partial charge on any atom is 0.410 e. The van der Waals surface area contributed by atoms with Crippen LogP contribution in [0.2, 0.25) is 0 Å². The molecule has 1 fully saturated rings. The Kier molecular flexibility index (Phi) is 5.71. The van der Waals surface area contributed by atoms with Crippen molar-refractivity contribution in [3.05, 3.63) is 57.4 Å². The molecule has 0 radical (unpaired) electrons. The van der Waals surface area contributed by atoms with E-state index in [2.05, 4.69) is 10.2 Å². The van der Waals surface area contributed by atoms with Gasteiger partial charge in [0.05, 0.1) is 16.8 Å². The first-order valence-electron chi connectivity index (χ1n) is 10.7. The molecule has 0 bridgehead atoms. The summed E-state index contributed by atoms with van der Waals surface area (Å²) in [6.07, 6.45) is -0.307. The van der Waals surface area contributed by atoms with Gasteiger partial charge in [-0.2, -0.15) is 0 Å². The van der Waals surface area contributed by atoms with Crippen molar-refractivity contribution < 1.29 is 19.1 Å². The number of pyridine rings is 1. The third kappa shape index (κ3) is 4.61. The number of imide groups is 1. The number of piperazine rings is 1. The third-order valence-corrected chi connectivity index (χ3v) is 5.55. The Morgan fingerprint density at radius 3 is 2.42 bits per heavy atom. The lowest BCUT2D eigenvalue weighted by Crippen LogP contribution is -2.49. The number of ether oxygens (including phenoxy) is 1. The first kappa shape index (κ1) is 22.5. The van der Waals surface area contributed by atoms with Crippen molar-refractivity contribution in [3.63, 3.8) is 0 Å². The lowest BCUT2D eigenvalue weighted by Gasteiger charge is -2.35. The fourth-order valence-electron chi connectivity index (χ4n) is 4.01. The number of nitrogens with two attached hydrogens (primary N) is 1. The Bertz CT molecular complexity index is 1190. The number of benzene rings is 1. The molecule has 10 heteroatoms. The van der Waals surface area contributed by atoms with E-state index in [1.54, 1.807) is 11.0 Å². The van der Waals surface area contributed by atoms with Crippen LogP contribution in [0.25, 0.3) is 5.69 Å². The molecule has 2 aromatic rings. The van der Waals surface area contributed by atoms with E-state index in [1.807, 2.05) is 39.0 Å². The fraction of sp³-hybridized carbons (Fsp3) is 0.391. The van der Waals surface area contributed by atoms with Gasteiger partial charge in [0, 0.05) is 38.8 Å². The Hall–Kier alpha value is -3.66. The normalized spacial score (nSPS) is 16.5. The minimum absolute atomic E-state index is 0.00207. The average molecular weight is 453 g/mol. The minimum Gasteiger partial charge on any atom is -0.444 e. The summed E-state index contributed by atoms with van der Waals surface area (Å²) in [7, 11) is 0. The van der Waals surface area contributed by atoms with Crippen molar-refractivity contribution in [2.75, 3.05) is 31.9 Å². The van der Waals surface area contributed by atoms with Gasteiger partial charge in [-0.15, -0.1) is 0 Å². The maximum absolute atomic E-state index is 12.7. The van der Waals surface area contributed by atoms with Crippen molar-refractivity contribution in [1.82, 2.24) is 19.7 Å². The summed E-state index contributed by atoms with van der Waals surface area (Å²) in [6.45, 7) is 8.66. The Morgan fingerprint density at radius 2 is 1.76 bits per heavy atom. The zero-order chi connectivity index (χ0) is 23.9. The van der Waals surface area contributed by atoms with Crippen molar-refractivity contribution in [2.45, 2.75) is 32.9 Å². The van der Waals surface area contributed by atoms with Crippen LogP contribution >= 0.6 is 0 Å². The first-order chi connectivity index (χ1) is 15.5. The van der Waals surface area contributed by atoms with E-state index in [0.717, 1.165) is 11.6 Å². The Balaban J connectivity index is 1.49. The van der Waals surface area contributed by atoms with Crippen molar-refractivity contribution in [1.29, 1.82) is 0 Å². The zero-order valence-corrected chi connectivity index (χ0v) is 18.9. The number of carbonyl (C=O) groups is 3. The second kappa shape index (κ2) is 8.36. The van der Waals surface area contributed by atoms with Crippen molar-refractivity contribution >= 4 is 23.7 Å². The second-order valence-corrected chi connectivity index (χ2v) is 9.19. The van der Waals surface area contributed by atoms with Gasteiger partial charge >= 0.3 is 6.09 Å². The summed E-state index contributed by atoms with van der Waals surface area (Å²) in [5.41, 5.74) is 6.59. The minimum atomic E-state index is -0.620. The molecule has 2 aliphatic heterocycles. The molecule has 1 aromatic heterocycles. The van der Waals surface area contributed by atoms with Gasteiger partial charge in [0.25, 0.3) is 17.4 Å². The van der Waals surface area contributed by atoms with Crippen LogP contribution in [-0.2, 0) is 11.3 Å². The number of hydrogen-bond donors (Lipinski definition) is 2. The molecular formula is C23H27N5O5. The third-order valence-electron chi connectivity index (χ3n) is 5.55. The fourth-order valence-corrected chi connectivity index (χ4v) is 4.01. The van der Waals surface area contributed by atoms with E-state index < -0.39 is 23.0 Å². The van der Waals surface area contributed by atoms with Gasteiger partial charge in [-0.1, -0.05) is 12.1 Å². The molecule has 2 aliphatic rings. The Morgan fingerprint density at radius 1 is 1.06 bits per heavy atom. The summed E-state index contributed by atoms with van der Waals surface area (Å²) in [5, 5.41) is 2.16. The van der Waals surface area contributed by atoms with Crippen LogP contribution < -0.4 is 16.6 Å². The number of carbonyl (C=O) groups excluding carboxylic acids is 3. The molecule has 3 heterocycles. The highest BCUT2D eigenvalue weighted by atomic mass is 16.6. The van der Waals surface area contributed by atoms with Crippen LogP contribution in [-0.4, -0.2) is 64.1 Å². The number of fused-ring (bicyclic) bond motifs is 1. The molecule has 3 amide bonds. The summed E-state index contributed by atoms with van der Waals surface area (Å²) < 4.78 is 6.68. The van der Waals surface area contributed by atoms with E-state index in [0.29, 0.717) is 38.4 Å². The highest BCUT2D eigenvalue weighted by Gasteiger charge is 2.32. The number of anilines is 1. The molecule has 0 saturated carbocycles. The van der Waals surface area contributed by atoms with Crippen LogP contribution in [0.5, 0.6) is 0 Å². The molecule has 0 spiro atoms. The molecule has 174 valence electrons. The van der Waals surface area contributed by atoms with Crippen molar-refractivity contribution in [3.8, 4) is 5.69 Å². The molecule has 0 unspecified atom stereocenters. The number of nitrogen functional groups attached to an aromatic ring is 1. The number of hydrogen-bond acceptors (Lipinski definition) is 7. The van der Waals surface area contributed by atoms with Gasteiger partial charge in [-0.25, -0.2) is 4.79 Å². The molecular weight excluding hydrogens is 426 g/mol. The summed E-state index contributed by atoms with van der Waals surface area (Å²) in [6, 6.07) is 8.44. The predicted octanol–water partition coefficient (Wildman–Crippen LogP) is 1.36. The van der Waals surface area contributed by atoms with Gasteiger partial charge < -0.3 is 15.4 Å². The summed E-state index contributed by atoms with van der Waals surface area (Å²) in [4.78, 5) is 52.8. The lowest BCUT2D eigenvalue weighted by atomic mass is 10.1. The molecule has 0 atom stereocenters. The van der Waals surface area contributed by atoms with E-state index in [1.165, 1.54) is 4.57 Å². The standard InChI is InChI=1S/C23H27N5O5/c1-23(2,3)33-22(32)27-9-7-26(8-10-27)13-14-5-4-6-15(11-14)28-17(29)12-16-18(19(28)24)21(31)25-20(16)30/h4-6,11-12H,7-10,13,24H2,1-3H3,(H,25,30,31). The van der Waals surface area contributed by atoms with Gasteiger partial charge in [0.2, 0.25) is 0 Å². The predicted molar refractivity (Wildman–Crippen MR) is 121 cm³/mol. The number of rotatable bonds is 3. The van der Waals surface area contributed by atoms with Crippen LogP contribution in [0.1, 0.15) is 47.1 Å². The molecule has 33 heavy (non-hydrogen) atoms. The largest absolute Gasteiger partial charge is 0.444 e. The van der Waals surface area contributed by atoms with Crippen molar-refractivity contribution in [2.24, 2.45) is 0 Å². The lowest BCUT2D eigenvalue weighted by molar-refractivity contribution is 0.0139. The van der Waals surface area contributed by atoms with Crippen LogP contribution in [0.4, 0.5) is 10.6 Å². The first-order valence-corrected chi connectivity index (χ1v) is 10.7. The highest BCUT2D eigenvalue weighted by molar-refractivity contribution is 6.23.